The number of H-pyrrole nitrogens is 1. The highest BCUT2D eigenvalue weighted by atomic mass is 32.2. The molecule has 3 N–H and O–H groups in total. The van der Waals surface area contributed by atoms with Crippen molar-refractivity contribution in [3.05, 3.63) is 40.4 Å². The van der Waals surface area contributed by atoms with Crippen LogP contribution in [0.25, 0.3) is 0 Å². The van der Waals surface area contributed by atoms with Crippen molar-refractivity contribution in [3.63, 3.8) is 0 Å². The van der Waals surface area contributed by atoms with Gasteiger partial charge in [-0.3, -0.25) is 4.79 Å². The van der Waals surface area contributed by atoms with Crippen molar-refractivity contribution in [1.29, 1.82) is 5.26 Å². The van der Waals surface area contributed by atoms with Crippen LogP contribution in [-0.2, 0) is 0 Å². The van der Waals surface area contributed by atoms with Crippen LogP contribution in [-0.4, -0.2) is 15.0 Å². The highest BCUT2D eigenvalue weighted by molar-refractivity contribution is 7.99. The molecular formula is C10H7N5OS. The molecule has 0 aromatic carbocycles. The predicted molar refractivity (Wildman–Crippen MR) is 62.3 cm³/mol. The fourth-order valence-electron chi connectivity index (χ4n) is 1.13. The van der Waals surface area contributed by atoms with E-state index in [1.165, 1.54) is 24.5 Å². The second kappa shape index (κ2) is 4.67. The van der Waals surface area contributed by atoms with Gasteiger partial charge in [-0.05, 0) is 17.8 Å². The fraction of sp³-hybridized carbons (Fsp3) is 0. The summed E-state index contributed by atoms with van der Waals surface area (Å²) >= 11 is 1.10. The first-order valence-corrected chi connectivity index (χ1v) is 5.40. The maximum Gasteiger partial charge on any atom is 0.251 e. The van der Waals surface area contributed by atoms with Gasteiger partial charge in [0.15, 0.2) is 5.16 Å². The molecular weight excluding hydrogens is 238 g/mol. The molecule has 17 heavy (non-hydrogen) atoms. The first-order valence-electron chi connectivity index (χ1n) is 4.58. The molecule has 6 nitrogen and oxygen atoms in total. The van der Waals surface area contributed by atoms with Gasteiger partial charge in [0.25, 0.3) is 5.56 Å². The molecule has 7 heteroatoms. The summed E-state index contributed by atoms with van der Waals surface area (Å²) in [6.45, 7) is 0. The molecule has 0 bridgehead atoms. The topological polar surface area (TPSA) is 108 Å². The van der Waals surface area contributed by atoms with E-state index in [1.807, 2.05) is 6.07 Å². The van der Waals surface area contributed by atoms with Gasteiger partial charge in [0.1, 0.15) is 11.1 Å². The van der Waals surface area contributed by atoms with Crippen molar-refractivity contribution in [3.8, 4) is 6.07 Å². The molecule has 84 valence electrons. The molecule has 0 aliphatic rings. The van der Waals surface area contributed by atoms with Gasteiger partial charge in [-0.15, -0.1) is 0 Å². The molecule has 0 aliphatic carbocycles. The molecule has 0 saturated heterocycles. The predicted octanol–water partition coefficient (Wildman–Crippen LogP) is 0.770. The monoisotopic (exact) mass is 245 g/mol. The van der Waals surface area contributed by atoms with Crippen molar-refractivity contribution in [1.82, 2.24) is 15.0 Å². The average Bonchev–Trinajstić information content (AvgIpc) is 2.32. The van der Waals surface area contributed by atoms with Gasteiger partial charge in [-0.25, -0.2) is 9.97 Å². The van der Waals surface area contributed by atoms with Gasteiger partial charge in [-0.2, -0.15) is 5.26 Å². The normalized spacial score (nSPS) is 9.82. The Kier molecular flexibility index (Phi) is 3.07. The summed E-state index contributed by atoms with van der Waals surface area (Å²) in [6, 6.07) is 4.80. The van der Waals surface area contributed by atoms with Crippen LogP contribution in [0.5, 0.6) is 0 Å². The van der Waals surface area contributed by atoms with Crippen LogP contribution in [0.4, 0.5) is 5.69 Å². The summed E-state index contributed by atoms with van der Waals surface area (Å²) in [4.78, 5) is 21.6. The Balaban J connectivity index is 2.37. The number of nitrogen functional groups attached to an aromatic ring is 1. The number of nitrogens with one attached hydrogen (secondary N) is 1. The zero-order valence-electron chi connectivity index (χ0n) is 8.54. The Morgan fingerprint density at radius 1 is 1.35 bits per heavy atom. The smallest absolute Gasteiger partial charge is 0.251 e. The third kappa shape index (κ3) is 2.43. The molecule has 2 aromatic rings. The van der Waals surface area contributed by atoms with Crippen LogP contribution in [0, 0.1) is 11.3 Å². The lowest BCUT2D eigenvalue weighted by Crippen LogP contribution is -2.05. The minimum absolute atomic E-state index is 0.252. The van der Waals surface area contributed by atoms with Crippen molar-refractivity contribution in [2.75, 3.05) is 5.73 Å². The maximum atomic E-state index is 11.1. The second-order valence-electron chi connectivity index (χ2n) is 3.03. The van der Waals surface area contributed by atoms with Gasteiger partial charge in [0.05, 0.1) is 11.3 Å². The van der Waals surface area contributed by atoms with E-state index in [0.717, 1.165) is 11.8 Å². The number of nitriles is 1. The standard InChI is InChI=1S/C10H7N5OS/c11-5-6-1-3-13-9(8(6)12)17-10-14-4-2-7(16)15-10/h1-4H,12H2,(H,14,15,16). The summed E-state index contributed by atoms with van der Waals surface area (Å²) < 4.78 is 0. The van der Waals surface area contributed by atoms with E-state index in [0.29, 0.717) is 15.7 Å². The van der Waals surface area contributed by atoms with E-state index in [9.17, 15) is 4.79 Å². The van der Waals surface area contributed by atoms with Gasteiger partial charge in [0, 0.05) is 18.5 Å². The number of pyridine rings is 1. The lowest BCUT2D eigenvalue weighted by atomic mass is 10.2. The Morgan fingerprint density at radius 2 is 2.12 bits per heavy atom. The van der Waals surface area contributed by atoms with Crippen LogP contribution in [0.3, 0.4) is 0 Å². The number of nitrogens with two attached hydrogens (primary N) is 1. The SMILES string of the molecule is N#Cc1ccnc(Sc2nccc(=O)[nH]2)c1N. The maximum absolute atomic E-state index is 11.1. The van der Waals surface area contributed by atoms with Gasteiger partial charge < -0.3 is 10.7 Å². The molecule has 0 spiro atoms. The molecule has 0 aliphatic heterocycles. The third-order valence-electron chi connectivity index (χ3n) is 1.92. The molecule has 0 atom stereocenters. The number of aromatic nitrogens is 3. The first kappa shape index (κ1) is 11.2. The zero-order valence-corrected chi connectivity index (χ0v) is 9.36. The van der Waals surface area contributed by atoms with Gasteiger partial charge in [-0.1, -0.05) is 0 Å². The zero-order chi connectivity index (χ0) is 12.3. The highest BCUT2D eigenvalue weighted by Gasteiger charge is 2.08. The summed E-state index contributed by atoms with van der Waals surface area (Å²) in [7, 11) is 0. The van der Waals surface area contributed by atoms with E-state index in [-0.39, 0.29) is 11.2 Å². The molecule has 0 saturated carbocycles. The van der Waals surface area contributed by atoms with E-state index < -0.39 is 0 Å². The Bertz CT molecular complexity index is 646. The lowest BCUT2D eigenvalue weighted by Gasteiger charge is -2.03. The summed E-state index contributed by atoms with van der Waals surface area (Å²) in [5, 5.41) is 9.64. The van der Waals surface area contributed by atoms with E-state index >= 15 is 0 Å². The van der Waals surface area contributed by atoms with Crippen molar-refractivity contribution in [2.24, 2.45) is 0 Å². The lowest BCUT2D eigenvalue weighted by molar-refractivity contribution is 0.932. The molecule has 0 unspecified atom stereocenters. The number of rotatable bonds is 2. The van der Waals surface area contributed by atoms with Crippen LogP contribution in [0.15, 0.2) is 39.5 Å². The second-order valence-corrected chi connectivity index (χ2v) is 4.01. The van der Waals surface area contributed by atoms with Crippen LogP contribution >= 0.6 is 11.8 Å². The Morgan fingerprint density at radius 3 is 2.82 bits per heavy atom. The Hall–Kier alpha value is -2.33. The van der Waals surface area contributed by atoms with Crippen molar-refractivity contribution >= 4 is 17.4 Å². The minimum atomic E-state index is -0.252. The van der Waals surface area contributed by atoms with Crippen LogP contribution in [0.1, 0.15) is 5.56 Å². The summed E-state index contributed by atoms with van der Waals surface area (Å²) in [6.07, 6.45) is 2.88. The number of hydrogen-bond acceptors (Lipinski definition) is 6. The van der Waals surface area contributed by atoms with Crippen molar-refractivity contribution < 1.29 is 0 Å². The van der Waals surface area contributed by atoms with E-state index in [1.54, 1.807) is 0 Å². The van der Waals surface area contributed by atoms with E-state index in [4.69, 9.17) is 11.0 Å². The van der Waals surface area contributed by atoms with Crippen LogP contribution in [0.2, 0.25) is 0 Å². The molecule has 2 heterocycles. The number of anilines is 1. The Labute approximate surface area is 101 Å². The average molecular weight is 245 g/mol. The summed E-state index contributed by atoms with van der Waals surface area (Å²) in [5.74, 6) is 0. The molecule has 0 amide bonds. The number of aromatic amines is 1. The molecule has 2 rings (SSSR count). The first-order chi connectivity index (χ1) is 8.20. The minimum Gasteiger partial charge on any atom is -0.395 e. The third-order valence-corrected chi connectivity index (χ3v) is 2.83. The molecule has 0 radical (unpaired) electrons. The number of nitrogens with zero attached hydrogens (tertiary/aromatic N) is 3. The van der Waals surface area contributed by atoms with Crippen molar-refractivity contribution in [2.45, 2.75) is 10.2 Å². The fourth-order valence-corrected chi connectivity index (χ4v) is 1.91. The van der Waals surface area contributed by atoms with E-state index in [2.05, 4.69) is 15.0 Å². The largest absolute Gasteiger partial charge is 0.395 e. The van der Waals surface area contributed by atoms with Gasteiger partial charge >= 0.3 is 0 Å². The number of hydrogen-bond donors (Lipinski definition) is 2. The van der Waals surface area contributed by atoms with Gasteiger partial charge in [0.2, 0.25) is 0 Å². The highest BCUT2D eigenvalue weighted by Crippen LogP contribution is 2.28. The molecule has 0 fully saturated rings. The molecule has 2 aromatic heterocycles. The summed E-state index contributed by atoms with van der Waals surface area (Å²) in [5.41, 5.74) is 6.13. The van der Waals surface area contributed by atoms with Crippen LogP contribution < -0.4 is 11.3 Å². The quantitative estimate of drug-likeness (QED) is 0.756.